The Kier molecular flexibility index (Phi) is 1.80. The van der Waals surface area contributed by atoms with Crippen molar-refractivity contribution in [2.75, 3.05) is 0 Å². The Hall–Kier alpha value is -1.74. The van der Waals surface area contributed by atoms with Gasteiger partial charge in [0.1, 0.15) is 11.2 Å². The van der Waals surface area contributed by atoms with E-state index >= 15 is 0 Å². The number of furan rings is 2. The molecular weight excluding hydrogens is 226 g/mol. The predicted octanol–water partition coefficient (Wildman–Crippen LogP) is 3.56. The molecule has 1 aliphatic rings. The first-order chi connectivity index (χ1) is 8.72. The molecule has 1 unspecified atom stereocenters. The maximum atomic E-state index is 6.21. The van der Waals surface area contributed by atoms with E-state index in [0.29, 0.717) is 0 Å². The Morgan fingerprint density at radius 3 is 2.72 bits per heavy atom. The molecule has 1 aliphatic carbocycles. The number of nitrogens with two attached hydrogens (primary N) is 1. The van der Waals surface area contributed by atoms with E-state index in [4.69, 9.17) is 14.6 Å². The van der Waals surface area contributed by atoms with Gasteiger partial charge in [0.25, 0.3) is 0 Å². The number of rotatable bonds is 2. The summed E-state index contributed by atoms with van der Waals surface area (Å²) >= 11 is 0. The van der Waals surface area contributed by atoms with Gasteiger partial charge in [0.2, 0.25) is 0 Å². The molecule has 2 heterocycles. The van der Waals surface area contributed by atoms with Crippen molar-refractivity contribution in [3.63, 3.8) is 0 Å². The van der Waals surface area contributed by atoms with Gasteiger partial charge in [-0.15, -0.1) is 0 Å². The van der Waals surface area contributed by atoms with Gasteiger partial charge in [0, 0.05) is 27.8 Å². The monoisotopic (exact) mass is 241 g/mol. The van der Waals surface area contributed by atoms with Gasteiger partial charge in [-0.1, -0.05) is 0 Å². The van der Waals surface area contributed by atoms with Gasteiger partial charge in [-0.2, -0.15) is 0 Å². The number of benzene rings is 1. The Morgan fingerprint density at radius 1 is 1.22 bits per heavy atom. The highest BCUT2D eigenvalue weighted by atomic mass is 16.3. The fraction of sp³-hybridized carbons (Fsp3) is 0.333. The highest BCUT2D eigenvalue weighted by molar-refractivity contribution is 5.99. The first-order valence-corrected chi connectivity index (χ1v) is 6.36. The molecule has 3 aromatic rings. The van der Waals surface area contributed by atoms with Gasteiger partial charge in [-0.25, -0.2) is 0 Å². The normalized spacial score (nSPS) is 19.4. The Labute approximate surface area is 105 Å². The molecule has 0 aliphatic heterocycles. The molecule has 3 nitrogen and oxygen atoms in total. The second-order valence-electron chi connectivity index (χ2n) is 5.37. The van der Waals surface area contributed by atoms with Crippen LogP contribution in [0.5, 0.6) is 0 Å². The maximum Gasteiger partial charge on any atom is 0.138 e. The molecule has 2 N–H and O–H groups in total. The summed E-state index contributed by atoms with van der Waals surface area (Å²) in [6.07, 6.45) is 5.74. The molecule has 4 rings (SSSR count). The lowest BCUT2D eigenvalue weighted by atomic mass is 9.86. The predicted molar refractivity (Wildman–Crippen MR) is 70.5 cm³/mol. The smallest absolute Gasteiger partial charge is 0.138 e. The van der Waals surface area contributed by atoms with Crippen molar-refractivity contribution in [2.24, 2.45) is 5.73 Å². The summed E-state index contributed by atoms with van der Waals surface area (Å²) < 4.78 is 11.3. The molecule has 1 aromatic carbocycles. The van der Waals surface area contributed by atoms with Crippen LogP contribution in [0.3, 0.4) is 0 Å². The zero-order valence-electron chi connectivity index (χ0n) is 10.3. The summed E-state index contributed by atoms with van der Waals surface area (Å²) in [5.41, 5.74) is 9.41. The van der Waals surface area contributed by atoms with E-state index in [1.807, 2.05) is 18.2 Å². The molecule has 0 saturated heterocycles. The molecule has 0 amide bonds. The third-order valence-electron chi connectivity index (χ3n) is 4.33. The first kappa shape index (κ1) is 10.2. The Morgan fingerprint density at radius 2 is 2.00 bits per heavy atom. The third kappa shape index (κ3) is 1.12. The highest BCUT2D eigenvalue weighted by Gasteiger charge is 2.50. The molecule has 2 aromatic heterocycles. The van der Waals surface area contributed by atoms with E-state index in [9.17, 15) is 0 Å². The van der Waals surface area contributed by atoms with Gasteiger partial charge < -0.3 is 14.6 Å². The van der Waals surface area contributed by atoms with Gasteiger partial charge in [0.05, 0.1) is 12.5 Å². The van der Waals surface area contributed by atoms with E-state index in [0.717, 1.165) is 34.8 Å². The molecule has 0 spiro atoms. The average molecular weight is 241 g/mol. The number of hydrogen-bond acceptors (Lipinski definition) is 3. The molecular formula is C15H15NO2. The van der Waals surface area contributed by atoms with Crippen LogP contribution in [0.25, 0.3) is 21.9 Å². The summed E-state index contributed by atoms with van der Waals surface area (Å²) in [5.74, 6) is 0. The maximum absolute atomic E-state index is 6.21. The van der Waals surface area contributed by atoms with Crippen molar-refractivity contribution in [1.82, 2.24) is 0 Å². The van der Waals surface area contributed by atoms with Crippen molar-refractivity contribution in [1.29, 1.82) is 0 Å². The van der Waals surface area contributed by atoms with Crippen molar-refractivity contribution in [3.8, 4) is 0 Å². The molecule has 1 atom stereocenters. The molecule has 92 valence electrons. The molecule has 0 bridgehead atoms. The van der Waals surface area contributed by atoms with Gasteiger partial charge >= 0.3 is 0 Å². The minimum Gasteiger partial charge on any atom is -0.464 e. The van der Waals surface area contributed by atoms with E-state index < -0.39 is 0 Å². The van der Waals surface area contributed by atoms with Crippen LogP contribution >= 0.6 is 0 Å². The topological polar surface area (TPSA) is 52.3 Å². The van der Waals surface area contributed by atoms with Crippen molar-refractivity contribution in [3.05, 3.63) is 36.3 Å². The lowest BCUT2D eigenvalue weighted by molar-refractivity contribution is 0.543. The van der Waals surface area contributed by atoms with E-state index in [2.05, 4.69) is 6.92 Å². The summed E-state index contributed by atoms with van der Waals surface area (Å²) in [6.45, 7) is 2.08. The van der Waals surface area contributed by atoms with Crippen LogP contribution in [0.2, 0.25) is 0 Å². The lowest BCUT2D eigenvalue weighted by Gasteiger charge is -2.21. The van der Waals surface area contributed by atoms with Crippen LogP contribution in [0.1, 0.15) is 25.3 Å². The van der Waals surface area contributed by atoms with Gasteiger partial charge in [0.15, 0.2) is 0 Å². The summed E-state index contributed by atoms with van der Waals surface area (Å²) in [7, 11) is 0. The van der Waals surface area contributed by atoms with Gasteiger partial charge in [-0.05, 0) is 38.0 Å². The van der Waals surface area contributed by atoms with Crippen molar-refractivity contribution >= 4 is 21.9 Å². The third-order valence-corrected chi connectivity index (χ3v) is 4.33. The second kappa shape index (κ2) is 3.18. The molecule has 18 heavy (non-hydrogen) atoms. The Balaban J connectivity index is 2.16. The van der Waals surface area contributed by atoms with Crippen molar-refractivity contribution in [2.45, 2.75) is 31.2 Å². The largest absolute Gasteiger partial charge is 0.464 e. The molecule has 1 saturated carbocycles. The van der Waals surface area contributed by atoms with Crippen LogP contribution in [0.4, 0.5) is 0 Å². The lowest BCUT2D eigenvalue weighted by Crippen LogP contribution is -2.31. The van der Waals surface area contributed by atoms with Crippen LogP contribution in [-0.2, 0) is 5.41 Å². The standard InChI is InChI=1S/C15H15NO2/c1-9(16)15(4-5-15)13-11-3-7-17-12(11)8-10-2-6-18-14(10)13/h2-3,6-9H,4-5,16H2,1H3. The fourth-order valence-corrected chi connectivity index (χ4v) is 3.10. The summed E-state index contributed by atoms with van der Waals surface area (Å²) in [5, 5.41) is 2.24. The van der Waals surface area contributed by atoms with E-state index in [-0.39, 0.29) is 11.5 Å². The molecule has 1 fully saturated rings. The Bertz CT molecular complexity index is 682. The van der Waals surface area contributed by atoms with Crippen LogP contribution in [0, 0.1) is 0 Å². The first-order valence-electron chi connectivity index (χ1n) is 6.36. The SMILES string of the molecule is CC(N)C1(c2c3ccoc3cc3ccoc23)CC1. The second-order valence-corrected chi connectivity index (χ2v) is 5.37. The average Bonchev–Trinajstić information content (AvgIpc) is 2.81. The van der Waals surface area contributed by atoms with Crippen LogP contribution in [-0.4, -0.2) is 6.04 Å². The molecule has 3 heteroatoms. The zero-order valence-corrected chi connectivity index (χ0v) is 10.3. The zero-order chi connectivity index (χ0) is 12.3. The van der Waals surface area contributed by atoms with E-state index in [1.165, 1.54) is 5.56 Å². The minimum absolute atomic E-state index is 0.0689. The van der Waals surface area contributed by atoms with E-state index in [1.54, 1.807) is 12.5 Å². The van der Waals surface area contributed by atoms with Crippen LogP contribution < -0.4 is 5.73 Å². The summed E-state index contributed by atoms with van der Waals surface area (Å²) in [6, 6.07) is 6.17. The number of hydrogen-bond donors (Lipinski definition) is 1. The quantitative estimate of drug-likeness (QED) is 0.746. The summed E-state index contributed by atoms with van der Waals surface area (Å²) in [4.78, 5) is 0. The molecule has 0 radical (unpaired) electrons. The van der Waals surface area contributed by atoms with Crippen LogP contribution in [0.15, 0.2) is 39.6 Å². The highest BCUT2D eigenvalue weighted by Crippen LogP contribution is 2.54. The van der Waals surface area contributed by atoms with Gasteiger partial charge in [-0.3, -0.25) is 0 Å². The fourth-order valence-electron chi connectivity index (χ4n) is 3.10. The number of fused-ring (bicyclic) bond motifs is 2. The minimum atomic E-state index is 0.0689. The van der Waals surface area contributed by atoms with Crippen molar-refractivity contribution < 1.29 is 8.83 Å².